The SMILES string of the molecule is CC1(C)CCC(C(O)C(N)C(=O)O)C1. The van der Waals surface area contributed by atoms with Crippen LogP contribution in [0.2, 0.25) is 0 Å². The van der Waals surface area contributed by atoms with Gasteiger partial charge in [-0.3, -0.25) is 4.79 Å². The van der Waals surface area contributed by atoms with Gasteiger partial charge in [-0.25, -0.2) is 0 Å². The van der Waals surface area contributed by atoms with Crippen LogP contribution in [0.3, 0.4) is 0 Å². The minimum absolute atomic E-state index is 0.0381. The van der Waals surface area contributed by atoms with E-state index >= 15 is 0 Å². The van der Waals surface area contributed by atoms with Gasteiger partial charge in [0.25, 0.3) is 0 Å². The number of aliphatic carboxylic acids is 1. The predicted octanol–water partition coefficient (Wildman–Crippen LogP) is 0.585. The van der Waals surface area contributed by atoms with E-state index in [0.717, 1.165) is 19.3 Å². The lowest BCUT2D eigenvalue weighted by Gasteiger charge is -2.23. The van der Waals surface area contributed by atoms with Gasteiger partial charge in [0.2, 0.25) is 0 Å². The van der Waals surface area contributed by atoms with Gasteiger partial charge in [0.05, 0.1) is 6.10 Å². The molecule has 1 saturated carbocycles. The predicted molar refractivity (Wildman–Crippen MR) is 52.7 cm³/mol. The van der Waals surface area contributed by atoms with Crippen molar-refractivity contribution in [1.29, 1.82) is 0 Å². The molecular weight excluding hydrogens is 182 g/mol. The first-order chi connectivity index (χ1) is 6.33. The summed E-state index contributed by atoms with van der Waals surface area (Å²) >= 11 is 0. The molecule has 0 aromatic rings. The molecule has 0 aromatic carbocycles. The quantitative estimate of drug-likeness (QED) is 0.624. The zero-order chi connectivity index (χ0) is 10.9. The first-order valence-corrected chi connectivity index (χ1v) is 5.00. The molecule has 4 nitrogen and oxygen atoms in total. The number of carboxylic acids is 1. The number of rotatable bonds is 3. The Hall–Kier alpha value is -0.610. The van der Waals surface area contributed by atoms with E-state index in [1.54, 1.807) is 0 Å². The van der Waals surface area contributed by atoms with Crippen LogP contribution in [0.1, 0.15) is 33.1 Å². The fourth-order valence-electron chi connectivity index (χ4n) is 2.22. The van der Waals surface area contributed by atoms with Crippen molar-refractivity contribution in [2.24, 2.45) is 17.1 Å². The van der Waals surface area contributed by atoms with Crippen molar-refractivity contribution in [2.75, 3.05) is 0 Å². The monoisotopic (exact) mass is 201 g/mol. The number of carbonyl (C=O) groups is 1. The third-order valence-electron chi connectivity index (χ3n) is 3.14. The van der Waals surface area contributed by atoms with Crippen LogP contribution < -0.4 is 5.73 Å². The molecule has 14 heavy (non-hydrogen) atoms. The van der Waals surface area contributed by atoms with E-state index in [1.165, 1.54) is 0 Å². The van der Waals surface area contributed by atoms with Crippen LogP contribution >= 0.6 is 0 Å². The van der Waals surface area contributed by atoms with E-state index in [2.05, 4.69) is 13.8 Å². The molecule has 1 aliphatic rings. The van der Waals surface area contributed by atoms with Crippen LogP contribution in [0.4, 0.5) is 0 Å². The normalized spacial score (nSPS) is 29.9. The summed E-state index contributed by atoms with van der Waals surface area (Å²) in [7, 11) is 0. The van der Waals surface area contributed by atoms with Crippen LogP contribution in [-0.2, 0) is 4.79 Å². The second-order valence-corrected chi connectivity index (χ2v) is 5.02. The van der Waals surface area contributed by atoms with Crippen molar-refractivity contribution in [3.8, 4) is 0 Å². The molecule has 82 valence electrons. The lowest BCUT2D eigenvalue weighted by molar-refractivity contribution is -0.142. The Kier molecular flexibility index (Phi) is 3.17. The molecule has 4 N–H and O–H groups in total. The summed E-state index contributed by atoms with van der Waals surface area (Å²) in [5.41, 5.74) is 5.59. The molecular formula is C10H19NO3. The van der Waals surface area contributed by atoms with E-state index in [0.29, 0.717) is 0 Å². The molecule has 1 rings (SSSR count). The highest BCUT2D eigenvalue weighted by Gasteiger charge is 2.38. The average molecular weight is 201 g/mol. The van der Waals surface area contributed by atoms with E-state index in [-0.39, 0.29) is 11.3 Å². The van der Waals surface area contributed by atoms with Gasteiger partial charge in [-0.15, -0.1) is 0 Å². The first kappa shape index (κ1) is 11.5. The van der Waals surface area contributed by atoms with E-state index < -0.39 is 18.1 Å². The second kappa shape index (κ2) is 3.87. The third-order valence-corrected chi connectivity index (χ3v) is 3.14. The highest BCUT2D eigenvalue weighted by atomic mass is 16.4. The molecule has 0 spiro atoms. The van der Waals surface area contributed by atoms with Gasteiger partial charge in [0.1, 0.15) is 6.04 Å². The molecule has 4 heteroatoms. The van der Waals surface area contributed by atoms with Crippen molar-refractivity contribution >= 4 is 5.97 Å². The topological polar surface area (TPSA) is 83.5 Å². The van der Waals surface area contributed by atoms with E-state index in [1.807, 2.05) is 0 Å². The average Bonchev–Trinajstić information content (AvgIpc) is 2.43. The summed E-state index contributed by atoms with van der Waals surface area (Å²) in [4.78, 5) is 10.6. The van der Waals surface area contributed by atoms with Gasteiger partial charge >= 0.3 is 5.97 Å². The first-order valence-electron chi connectivity index (χ1n) is 5.00. The Morgan fingerprint density at radius 1 is 1.57 bits per heavy atom. The van der Waals surface area contributed by atoms with Crippen LogP contribution in [-0.4, -0.2) is 28.3 Å². The standard InChI is InChI=1S/C10H19NO3/c1-10(2)4-3-6(5-10)8(12)7(11)9(13)14/h6-8,12H,3-5,11H2,1-2H3,(H,13,14). The van der Waals surface area contributed by atoms with Crippen LogP contribution in [0.15, 0.2) is 0 Å². The van der Waals surface area contributed by atoms with Crippen molar-refractivity contribution < 1.29 is 15.0 Å². The van der Waals surface area contributed by atoms with Gasteiger partial charge in [-0.05, 0) is 30.6 Å². The number of hydrogen-bond donors (Lipinski definition) is 3. The lowest BCUT2D eigenvalue weighted by Crippen LogP contribution is -2.45. The minimum Gasteiger partial charge on any atom is -0.480 e. The molecule has 3 atom stereocenters. The molecule has 0 bridgehead atoms. The van der Waals surface area contributed by atoms with E-state index in [4.69, 9.17) is 10.8 Å². The molecule has 3 unspecified atom stereocenters. The van der Waals surface area contributed by atoms with Crippen LogP contribution in [0.25, 0.3) is 0 Å². The lowest BCUT2D eigenvalue weighted by atomic mass is 9.88. The third kappa shape index (κ3) is 2.45. The maximum atomic E-state index is 10.6. The fraction of sp³-hybridized carbons (Fsp3) is 0.900. The Labute approximate surface area is 84.1 Å². The number of carboxylic acid groups (broad SMARTS) is 1. The van der Waals surface area contributed by atoms with E-state index in [9.17, 15) is 9.90 Å². The summed E-state index contributed by atoms with van der Waals surface area (Å²) in [6.45, 7) is 4.26. The Morgan fingerprint density at radius 2 is 2.14 bits per heavy atom. The zero-order valence-corrected chi connectivity index (χ0v) is 8.73. The molecule has 1 fully saturated rings. The fourth-order valence-corrected chi connectivity index (χ4v) is 2.22. The number of nitrogens with two attached hydrogens (primary N) is 1. The summed E-state index contributed by atoms with van der Waals surface area (Å²) in [6.07, 6.45) is 1.85. The Morgan fingerprint density at radius 3 is 2.50 bits per heavy atom. The molecule has 0 heterocycles. The summed E-state index contributed by atoms with van der Waals surface area (Å²) < 4.78 is 0. The van der Waals surface area contributed by atoms with Crippen LogP contribution in [0.5, 0.6) is 0 Å². The molecule has 0 radical (unpaired) electrons. The zero-order valence-electron chi connectivity index (χ0n) is 8.73. The molecule has 0 aliphatic heterocycles. The number of aliphatic hydroxyl groups is 1. The van der Waals surface area contributed by atoms with Gasteiger partial charge in [-0.1, -0.05) is 13.8 Å². The molecule has 1 aliphatic carbocycles. The van der Waals surface area contributed by atoms with Crippen molar-refractivity contribution in [3.05, 3.63) is 0 Å². The van der Waals surface area contributed by atoms with Gasteiger partial charge < -0.3 is 15.9 Å². The number of aliphatic hydroxyl groups excluding tert-OH is 1. The largest absolute Gasteiger partial charge is 0.480 e. The summed E-state index contributed by atoms with van der Waals surface area (Å²) in [6, 6.07) is -1.14. The Balaban J connectivity index is 2.55. The smallest absolute Gasteiger partial charge is 0.323 e. The van der Waals surface area contributed by atoms with Crippen molar-refractivity contribution in [2.45, 2.75) is 45.3 Å². The highest BCUT2D eigenvalue weighted by molar-refractivity contribution is 5.73. The Bertz CT molecular complexity index is 227. The van der Waals surface area contributed by atoms with Crippen molar-refractivity contribution in [1.82, 2.24) is 0 Å². The maximum Gasteiger partial charge on any atom is 0.323 e. The minimum atomic E-state index is -1.14. The summed E-state index contributed by atoms with van der Waals surface area (Å²) in [5.74, 6) is -1.08. The second-order valence-electron chi connectivity index (χ2n) is 5.02. The summed E-state index contributed by atoms with van der Waals surface area (Å²) in [5, 5.41) is 18.4. The maximum absolute atomic E-state index is 10.6. The molecule has 0 amide bonds. The highest BCUT2D eigenvalue weighted by Crippen LogP contribution is 2.42. The van der Waals surface area contributed by atoms with Gasteiger partial charge in [0.15, 0.2) is 0 Å². The van der Waals surface area contributed by atoms with Gasteiger partial charge in [-0.2, -0.15) is 0 Å². The van der Waals surface area contributed by atoms with Crippen LogP contribution in [0, 0.1) is 11.3 Å². The number of hydrogen-bond acceptors (Lipinski definition) is 3. The van der Waals surface area contributed by atoms with Gasteiger partial charge in [0, 0.05) is 0 Å². The van der Waals surface area contributed by atoms with Crippen molar-refractivity contribution in [3.63, 3.8) is 0 Å². The molecule has 0 aromatic heterocycles. The molecule has 0 saturated heterocycles.